The molecule has 0 saturated heterocycles. The van der Waals surface area contributed by atoms with Crippen molar-refractivity contribution in [3.8, 4) is 5.75 Å². The van der Waals surface area contributed by atoms with Gasteiger partial charge in [0.1, 0.15) is 18.1 Å². The van der Waals surface area contributed by atoms with E-state index < -0.39 is 0 Å². The zero-order chi connectivity index (χ0) is 23.5. The molecule has 1 N–H and O–H groups in total. The Labute approximate surface area is 209 Å². The molecule has 0 atom stereocenters. The Morgan fingerprint density at radius 2 is 1.91 bits per heavy atom. The second kappa shape index (κ2) is 9.75. The number of carbonyl (C=O) groups is 1. The second-order valence-electron chi connectivity index (χ2n) is 7.62. The Bertz CT molecular complexity index is 1470. The van der Waals surface area contributed by atoms with Gasteiger partial charge in [-0.25, -0.2) is 0 Å². The van der Waals surface area contributed by atoms with Gasteiger partial charge in [-0.1, -0.05) is 70.0 Å². The highest BCUT2D eigenvalue weighted by molar-refractivity contribution is 9.10. The van der Waals surface area contributed by atoms with Crippen molar-refractivity contribution in [2.45, 2.75) is 13.2 Å². The number of nitrogens with one attached hydrogen (secondary N) is 1. The summed E-state index contributed by atoms with van der Waals surface area (Å²) in [5.41, 5.74) is 1.15. The lowest BCUT2D eigenvalue weighted by atomic mass is 10.0. The summed E-state index contributed by atoms with van der Waals surface area (Å²) in [4.78, 5) is 12.6. The van der Waals surface area contributed by atoms with Crippen molar-refractivity contribution in [3.63, 3.8) is 0 Å². The highest BCUT2D eigenvalue weighted by atomic mass is 79.9. The Hall–Kier alpha value is -3.55. The topological polar surface area (TPSA) is 69.3 Å². The van der Waals surface area contributed by atoms with Gasteiger partial charge in [-0.2, -0.15) is 5.10 Å². The molecule has 2 aromatic heterocycles. The zero-order valence-electron chi connectivity index (χ0n) is 17.9. The van der Waals surface area contributed by atoms with Crippen LogP contribution in [-0.4, -0.2) is 15.7 Å². The number of carbonyl (C=O) groups excluding carboxylic acids is 1. The number of aromatic nitrogens is 2. The number of hydrogen-bond donors (Lipinski definition) is 1. The fourth-order valence-corrected chi connectivity index (χ4v) is 4.35. The summed E-state index contributed by atoms with van der Waals surface area (Å²) in [6.45, 7) is 0.742. The highest BCUT2D eigenvalue weighted by Gasteiger charge is 2.14. The molecule has 34 heavy (non-hydrogen) atoms. The van der Waals surface area contributed by atoms with Crippen LogP contribution < -0.4 is 10.1 Å². The van der Waals surface area contributed by atoms with Crippen LogP contribution in [0.3, 0.4) is 0 Å². The molecule has 0 fully saturated rings. The molecular weight excluding hydrogens is 518 g/mol. The summed E-state index contributed by atoms with van der Waals surface area (Å²) in [6.07, 6.45) is 1.83. The summed E-state index contributed by atoms with van der Waals surface area (Å²) in [5.74, 6) is 1.27. The molecule has 0 saturated carbocycles. The monoisotopic (exact) mass is 535 g/mol. The smallest absolute Gasteiger partial charge is 0.292 e. The number of furan rings is 1. The van der Waals surface area contributed by atoms with Crippen molar-refractivity contribution in [1.82, 2.24) is 9.78 Å². The van der Waals surface area contributed by atoms with Gasteiger partial charge in [0.15, 0.2) is 11.6 Å². The fraction of sp³-hybridized carbons (Fsp3) is 0.0769. The molecule has 6 nitrogen and oxygen atoms in total. The van der Waals surface area contributed by atoms with Crippen LogP contribution in [-0.2, 0) is 13.2 Å². The van der Waals surface area contributed by atoms with Crippen LogP contribution in [0.15, 0.2) is 93.9 Å². The molecule has 0 bridgehead atoms. The lowest BCUT2D eigenvalue weighted by Gasteiger charge is -2.07. The number of halogens is 2. The lowest BCUT2D eigenvalue weighted by Crippen LogP contribution is -2.12. The standard InChI is InChI=1S/C26H19BrClN3O3/c27-19-8-10-23(22(28)14-19)33-16-20-9-11-24(34-20)26(32)29-25-12-13-31(30-25)15-18-6-3-5-17-4-1-2-7-21(17)18/h1-14H,15-16H2,(H,29,30,32). The van der Waals surface area contributed by atoms with Gasteiger partial charge in [-0.3, -0.25) is 9.48 Å². The van der Waals surface area contributed by atoms with E-state index in [4.69, 9.17) is 20.8 Å². The molecule has 0 spiro atoms. The predicted molar refractivity (Wildman–Crippen MR) is 135 cm³/mol. The van der Waals surface area contributed by atoms with Crippen LogP contribution in [0.25, 0.3) is 10.8 Å². The van der Waals surface area contributed by atoms with Crippen LogP contribution >= 0.6 is 27.5 Å². The summed E-state index contributed by atoms with van der Waals surface area (Å²) in [7, 11) is 0. The Kier molecular flexibility index (Phi) is 6.38. The molecule has 2 heterocycles. The van der Waals surface area contributed by atoms with E-state index in [-0.39, 0.29) is 18.3 Å². The number of nitrogens with zero attached hydrogens (tertiary/aromatic N) is 2. The van der Waals surface area contributed by atoms with E-state index in [1.54, 1.807) is 35.0 Å². The largest absolute Gasteiger partial charge is 0.484 e. The predicted octanol–water partition coefficient (Wildman–Crippen LogP) is 6.92. The second-order valence-corrected chi connectivity index (χ2v) is 8.94. The Balaban J connectivity index is 1.21. The fourth-order valence-electron chi connectivity index (χ4n) is 3.62. The Morgan fingerprint density at radius 1 is 1.06 bits per heavy atom. The molecule has 0 aliphatic rings. The number of ether oxygens (including phenoxy) is 1. The summed E-state index contributed by atoms with van der Waals surface area (Å²) in [5, 5.41) is 10.1. The quantitative estimate of drug-likeness (QED) is 0.245. The first kappa shape index (κ1) is 22.3. The third-order valence-corrected chi connectivity index (χ3v) is 6.03. The summed E-state index contributed by atoms with van der Waals surface area (Å²) in [6, 6.07) is 24.8. The molecule has 0 aliphatic heterocycles. The van der Waals surface area contributed by atoms with E-state index in [2.05, 4.69) is 50.6 Å². The van der Waals surface area contributed by atoms with Gasteiger partial charge in [0, 0.05) is 16.7 Å². The minimum atomic E-state index is -0.386. The van der Waals surface area contributed by atoms with Crippen molar-refractivity contribution in [2.75, 3.05) is 5.32 Å². The van der Waals surface area contributed by atoms with Crippen LogP contribution in [0.4, 0.5) is 5.82 Å². The molecular formula is C26H19BrClN3O3. The van der Waals surface area contributed by atoms with Crippen LogP contribution in [0, 0.1) is 0 Å². The van der Waals surface area contributed by atoms with Crippen LogP contribution in [0.2, 0.25) is 5.02 Å². The molecule has 5 aromatic rings. The van der Waals surface area contributed by atoms with Gasteiger partial charge in [-0.15, -0.1) is 0 Å². The van der Waals surface area contributed by atoms with Gasteiger partial charge in [0.05, 0.1) is 11.6 Å². The molecule has 5 rings (SSSR count). The van der Waals surface area contributed by atoms with Crippen LogP contribution in [0.5, 0.6) is 5.75 Å². The van der Waals surface area contributed by atoms with Crippen molar-refractivity contribution in [1.29, 1.82) is 0 Å². The van der Waals surface area contributed by atoms with Gasteiger partial charge < -0.3 is 14.5 Å². The van der Waals surface area contributed by atoms with E-state index in [0.29, 0.717) is 28.9 Å². The maximum atomic E-state index is 12.6. The number of fused-ring (bicyclic) bond motifs is 1. The van der Waals surface area contributed by atoms with Gasteiger partial charge in [0.2, 0.25) is 0 Å². The highest BCUT2D eigenvalue weighted by Crippen LogP contribution is 2.28. The number of amides is 1. The molecule has 0 radical (unpaired) electrons. The number of rotatable bonds is 7. The molecule has 170 valence electrons. The van der Waals surface area contributed by atoms with E-state index in [1.165, 1.54) is 10.8 Å². The third-order valence-electron chi connectivity index (χ3n) is 5.24. The van der Waals surface area contributed by atoms with Crippen molar-refractivity contribution >= 4 is 50.0 Å². The van der Waals surface area contributed by atoms with E-state index in [0.717, 1.165) is 10.0 Å². The van der Waals surface area contributed by atoms with Crippen molar-refractivity contribution < 1.29 is 13.9 Å². The first-order valence-electron chi connectivity index (χ1n) is 10.5. The first-order valence-corrected chi connectivity index (χ1v) is 11.7. The summed E-state index contributed by atoms with van der Waals surface area (Å²) < 4.78 is 14.0. The number of anilines is 1. The van der Waals surface area contributed by atoms with Crippen molar-refractivity contribution in [2.24, 2.45) is 0 Å². The van der Waals surface area contributed by atoms with Gasteiger partial charge >= 0.3 is 0 Å². The minimum absolute atomic E-state index is 0.147. The van der Waals surface area contributed by atoms with E-state index in [1.807, 2.05) is 30.5 Å². The van der Waals surface area contributed by atoms with E-state index >= 15 is 0 Å². The molecule has 8 heteroatoms. The summed E-state index contributed by atoms with van der Waals surface area (Å²) >= 11 is 9.52. The SMILES string of the molecule is O=C(Nc1ccn(Cc2cccc3ccccc23)n1)c1ccc(COc2ccc(Br)cc2Cl)o1. The first-order chi connectivity index (χ1) is 16.5. The van der Waals surface area contributed by atoms with Crippen LogP contribution in [0.1, 0.15) is 21.9 Å². The number of benzene rings is 3. The van der Waals surface area contributed by atoms with Gasteiger partial charge in [0.25, 0.3) is 5.91 Å². The van der Waals surface area contributed by atoms with E-state index in [9.17, 15) is 4.79 Å². The maximum absolute atomic E-state index is 12.6. The lowest BCUT2D eigenvalue weighted by molar-refractivity contribution is 0.0992. The zero-order valence-corrected chi connectivity index (χ0v) is 20.2. The third kappa shape index (κ3) is 5.00. The normalized spacial score (nSPS) is 11.0. The average Bonchev–Trinajstić information content (AvgIpc) is 3.48. The average molecular weight is 537 g/mol. The van der Waals surface area contributed by atoms with Crippen molar-refractivity contribution in [3.05, 3.63) is 112 Å². The number of hydrogen-bond acceptors (Lipinski definition) is 4. The minimum Gasteiger partial charge on any atom is -0.484 e. The Morgan fingerprint density at radius 3 is 2.79 bits per heavy atom. The molecule has 0 unspecified atom stereocenters. The molecule has 0 aliphatic carbocycles. The van der Waals surface area contributed by atoms with Gasteiger partial charge in [-0.05, 0) is 46.7 Å². The molecule has 1 amide bonds. The molecule has 3 aromatic carbocycles. The maximum Gasteiger partial charge on any atom is 0.292 e.